The van der Waals surface area contributed by atoms with Gasteiger partial charge in [-0.3, -0.25) is 9.78 Å². The Morgan fingerprint density at radius 2 is 1.73 bits per heavy atom. The molecule has 0 spiro atoms. The summed E-state index contributed by atoms with van der Waals surface area (Å²) in [6, 6.07) is 20.7. The molecule has 0 aliphatic heterocycles. The maximum Gasteiger partial charge on any atom is 0.257 e. The molecule has 26 heavy (non-hydrogen) atoms. The van der Waals surface area contributed by atoms with Gasteiger partial charge in [0.15, 0.2) is 0 Å². The maximum absolute atomic E-state index is 12.4. The van der Waals surface area contributed by atoms with E-state index in [-0.39, 0.29) is 5.91 Å². The monoisotopic (exact) mass is 348 g/mol. The van der Waals surface area contributed by atoms with Gasteiger partial charge in [0.2, 0.25) is 0 Å². The fourth-order valence-electron chi connectivity index (χ4n) is 2.43. The highest BCUT2D eigenvalue weighted by Gasteiger charge is 2.10. The number of benzene rings is 2. The maximum atomic E-state index is 12.4. The van der Waals surface area contributed by atoms with Crippen LogP contribution < -0.4 is 10.1 Å². The molecule has 0 fully saturated rings. The van der Waals surface area contributed by atoms with Crippen molar-refractivity contribution in [2.75, 3.05) is 12.4 Å². The van der Waals surface area contributed by atoms with Gasteiger partial charge in [0.25, 0.3) is 5.91 Å². The lowest BCUT2D eigenvalue weighted by atomic mass is 10.2. The first kappa shape index (κ1) is 17.6. The lowest BCUT2D eigenvalue weighted by Crippen LogP contribution is -2.13. The van der Waals surface area contributed by atoms with Crippen LogP contribution in [0.4, 0.5) is 5.69 Å². The first-order valence-electron chi connectivity index (χ1n) is 8.27. The molecule has 5 nitrogen and oxygen atoms in total. The third kappa shape index (κ3) is 4.68. The predicted octanol–water partition coefficient (Wildman–Crippen LogP) is 4.06. The molecule has 1 amide bonds. The largest absolute Gasteiger partial charge is 0.495 e. The lowest BCUT2D eigenvalue weighted by Gasteiger charge is -2.10. The quantitative estimate of drug-likeness (QED) is 0.699. The molecule has 0 radical (unpaired) electrons. The van der Waals surface area contributed by atoms with Crippen LogP contribution in [0.2, 0.25) is 0 Å². The lowest BCUT2D eigenvalue weighted by molar-refractivity contribution is 0.102. The van der Waals surface area contributed by atoms with Gasteiger partial charge in [-0.2, -0.15) is 0 Å². The zero-order valence-corrected chi connectivity index (χ0v) is 14.5. The number of rotatable bonds is 7. The van der Waals surface area contributed by atoms with Gasteiger partial charge in [0.05, 0.1) is 37.3 Å². The van der Waals surface area contributed by atoms with Crippen molar-refractivity contribution in [3.8, 4) is 5.75 Å². The molecule has 132 valence electrons. The number of amides is 1. The highest BCUT2D eigenvalue weighted by molar-refractivity contribution is 6.04. The van der Waals surface area contributed by atoms with Crippen molar-refractivity contribution >= 4 is 11.6 Å². The van der Waals surface area contributed by atoms with Crippen molar-refractivity contribution in [3.05, 3.63) is 89.7 Å². The minimum absolute atomic E-state index is 0.237. The molecule has 1 N–H and O–H groups in total. The van der Waals surface area contributed by atoms with Crippen molar-refractivity contribution in [2.45, 2.75) is 13.2 Å². The number of ether oxygens (including phenoxy) is 2. The van der Waals surface area contributed by atoms with Crippen molar-refractivity contribution in [2.24, 2.45) is 0 Å². The van der Waals surface area contributed by atoms with E-state index in [9.17, 15) is 4.79 Å². The highest BCUT2D eigenvalue weighted by atomic mass is 16.5. The van der Waals surface area contributed by atoms with Gasteiger partial charge in [0, 0.05) is 6.20 Å². The van der Waals surface area contributed by atoms with E-state index in [0.29, 0.717) is 30.2 Å². The summed E-state index contributed by atoms with van der Waals surface area (Å²) in [4.78, 5) is 16.7. The summed E-state index contributed by atoms with van der Waals surface area (Å²) in [5, 5.41) is 2.83. The van der Waals surface area contributed by atoms with Gasteiger partial charge in [-0.1, -0.05) is 42.5 Å². The number of hydrogen-bond donors (Lipinski definition) is 1. The summed E-state index contributed by atoms with van der Waals surface area (Å²) in [6.07, 6.45) is 1.55. The minimum atomic E-state index is -0.237. The molecule has 3 aromatic rings. The number of carbonyl (C=O) groups is 1. The third-order valence-electron chi connectivity index (χ3n) is 3.80. The van der Waals surface area contributed by atoms with E-state index in [2.05, 4.69) is 10.3 Å². The summed E-state index contributed by atoms with van der Waals surface area (Å²) >= 11 is 0. The SMILES string of the molecule is COc1ccccc1NC(=O)c1ccc(COCc2ccccc2)nc1. The Morgan fingerprint density at radius 3 is 2.46 bits per heavy atom. The first-order valence-corrected chi connectivity index (χ1v) is 8.27. The second-order valence-corrected chi connectivity index (χ2v) is 5.67. The zero-order chi connectivity index (χ0) is 18.2. The van der Waals surface area contributed by atoms with E-state index in [4.69, 9.17) is 9.47 Å². The molecule has 0 atom stereocenters. The van der Waals surface area contributed by atoms with Crippen molar-refractivity contribution in [1.82, 2.24) is 4.98 Å². The van der Waals surface area contributed by atoms with Crippen LogP contribution in [0.15, 0.2) is 72.9 Å². The van der Waals surface area contributed by atoms with Gasteiger partial charge in [-0.25, -0.2) is 0 Å². The van der Waals surface area contributed by atoms with Crippen LogP contribution in [0.5, 0.6) is 5.75 Å². The van der Waals surface area contributed by atoms with Crippen LogP contribution in [0, 0.1) is 0 Å². The fourth-order valence-corrected chi connectivity index (χ4v) is 2.43. The van der Waals surface area contributed by atoms with E-state index >= 15 is 0 Å². The van der Waals surface area contributed by atoms with Crippen LogP contribution in [0.1, 0.15) is 21.6 Å². The third-order valence-corrected chi connectivity index (χ3v) is 3.80. The molecular weight excluding hydrogens is 328 g/mol. The average Bonchev–Trinajstić information content (AvgIpc) is 2.70. The number of nitrogens with zero attached hydrogens (tertiary/aromatic N) is 1. The molecule has 1 heterocycles. The number of aromatic nitrogens is 1. The van der Waals surface area contributed by atoms with Crippen molar-refractivity contribution < 1.29 is 14.3 Å². The van der Waals surface area contributed by atoms with Gasteiger partial charge in [-0.15, -0.1) is 0 Å². The molecule has 3 rings (SSSR count). The average molecular weight is 348 g/mol. The van der Waals surface area contributed by atoms with Crippen LogP contribution in [-0.2, 0) is 18.0 Å². The fraction of sp³-hybridized carbons (Fsp3) is 0.143. The normalized spacial score (nSPS) is 10.3. The number of para-hydroxylation sites is 2. The molecule has 0 aliphatic carbocycles. The number of nitrogens with one attached hydrogen (secondary N) is 1. The Kier molecular flexibility index (Phi) is 5.96. The van der Waals surface area contributed by atoms with Crippen LogP contribution in [0.3, 0.4) is 0 Å². The Hall–Kier alpha value is -3.18. The second-order valence-electron chi connectivity index (χ2n) is 5.67. The summed E-state index contributed by atoms with van der Waals surface area (Å²) in [5.74, 6) is 0.374. The van der Waals surface area contributed by atoms with Crippen LogP contribution in [0.25, 0.3) is 0 Å². The topological polar surface area (TPSA) is 60.5 Å². The molecule has 1 aromatic heterocycles. The molecule has 5 heteroatoms. The Morgan fingerprint density at radius 1 is 0.962 bits per heavy atom. The predicted molar refractivity (Wildman–Crippen MR) is 100 cm³/mol. The van der Waals surface area contributed by atoms with Crippen LogP contribution >= 0.6 is 0 Å². The zero-order valence-electron chi connectivity index (χ0n) is 14.5. The number of hydrogen-bond acceptors (Lipinski definition) is 4. The molecule has 0 unspecified atom stereocenters. The summed E-state index contributed by atoms with van der Waals surface area (Å²) in [7, 11) is 1.57. The number of pyridine rings is 1. The molecule has 0 saturated carbocycles. The van der Waals surface area contributed by atoms with Gasteiger partial charge < -0.3 is 14.8 Å². The van der Waals surface area contributed by atoms with E-state index in [0.717, 1.165) is 11.3 Å². The highest BCUT2D eigenvalue weighted by Crippen LogP contribution is 2.23. The molecule has 0 aliphatic rings. The first-order chi connectivity index (χ1) is 12.8. The second kappa shape index (κ2) is 8.78. The van der Waals surface area contributed by atoms with E-state index in [1.807, 2.05) is 42.5 Å². The van der Waals surface area contributed by atoms with Crippen LogP contribution in [-0.4, -0.2) is 18.0 Å². The Balaban J connectivity index is 1.56. The minimum Gasteiger partial charge on any atom is -0.495 e. The number of anilines is 1. The van der Waals surface area contributed by atoms with E-state index < -0.39 is 0 Å². The molecule has 0 bridgehead atoms. The van der Waals surface area contributed by atoms with Crippen molar-refractivity contribution in [3.63, 3.8) is 0 Å². The standard InChI is InChI=1S/C21H20N2O3/c1-25-20-10-6-5-9-19(20)23-21(24)17-11-12-18(22-13-17)15-26-14-16-7-3-2-4-8-16/h2-13H,14-15H2,1H3,(H,23,24). The van der Waals surface area contributed by atoms with Gasteiger partial charge in [-0.05, 0) is 29.8 Å². The van der Waals surface area contributed by atoms with E-state index in [1.54, 1.807) is 37.6 Å². The van der Waals surface area contributed by atoms with Gasteiger partial charge in [0.1, 0.15) is 5.75 Å². The number of carbonyl (C=O) groups excluding carboxylic acids is 1. The molecular formula is C21H20N2O3. The summed E-state index contributed by atoms with van der Waals surface area (Å²) < 4.78 is 10.9. The Bertz CT molecular complexity index is 849. The smallest absolute Gasteiger partial charge is 0.257 e. The molecule has 0 saturated heterocycles. The van der Waals surface area contributed by atoms with Gasteiger partial charge >= 0.3 is 0 Å². The molecule has 2 aromatic carbocycles. The Labute approximate surface area is 152 Å². The van der Waals surface area contributed by atoms with Crippen molar-refractivity contribution in [1.29, 1.82) is 0 Å². The summed E-state index contributed by atoms with van der Waals surface area (Å²) in [6.45, 7) is 0.919. The van der Waals surface area contributed by atoms with E-state index in [1.165, 1.54) is 0 Å². The summed E-state index contributed by atoms with van der Waals surface area (Å²) in [5.41, 5.74) is 2.98. The number of methoxy groups -OCH3 is 1.